The summed E-state index contributed by atoms with van der Waals surface area (Å²) in [6.07, 6.45) is 0. The summed E-state index contributed by atoms with van der Waals surface area (Å²) in [5.74, 6) is 0. The monoisotopic (exact) mass is 662 g/mol. The maximum absolute atomic E-state index is 2.44. The standard InChI is InChI=1S/C50H34N2/c1-2-19-38(20-3-1)51(39-33-31-37(32-34-39)41-25-12-17-35-15-4-6-21-40(35)41)47-27-10-8-23-43(47)44-26-14-30-49-50(44)45-24-9-11-28-48(45)52(49)46-29-13-18-36-16-5-7-22-42(36)46/h1-34H. The molecular formula is C50H34N2. The second kappa shape index (κ2) is 12.5. The lowest BCUT2D eigenvalue weighted by atomic mass is 9.96. The van der Waals surface area contributed by atoms with E-state index in [9.17, 15) is 0 Å². The van der Waals surface area contributed by atoms with E-state index in [-0.39, 0.29) is 0 Å². The number of rotatable bonds is 6. The molecule has 0 atom stereocenters. The van der Waals surface area contributed by atoms with Crippen LogP contribution in [0.15, 0.2) is 206 Å². The van der Waals surface area contributed by atoms with Crippen LogP contribution in [0.5, 0.6) is 0 Å². The molecule has 1 heterocycles. The topological polar surface area (TPSA) is 8.17 Å². The average Bonchev–Trinajstić information content (AvgIpc) is 3.56. The fourth-order valence-electron chi connectivity index (χ4n) is 8.07. The second-order valence-electron chi connectivity index (χ2n) is 13.3. The molecule has 0 aliphatic rings. The van der Waals surface area contributed by atoms with E-state index in [4.69, 9.17) is 0 Å². The van der Waals surface area contributed by atoms with Crippen molar-refractivity contribution in [2.24, 2.45) is 0 Å². The highest BCUT2D eigenvalue weighted by atomic mass is 15.1. The first kappa shape index (κ1) is 30.0. The van der Waals surface area contributed by atoms with Crippen LogP contribution in [0.2, 0.25) is 0 Å². The third-order valence-corrected chi connectivity index (χ3v) is 10.4. The van der Waals surface area contributed by atoms with Crippen molar-refractivity contribution in [3.05, 3.63) is 206 Å². The number of hydrogen-bond acceptors (Lipinski definition) is 1. The fourth-order valence-corrected chi connectivity index (χ4v) is 8.07. The Morgan fingerprint density at radius 3 is 1.69 bits per heavy atom. The van der Waals surface area contributed by atoms with Crippen molar-refractivity contribution >= 4 is 60.4 Å². The normalized spacial score (nSPS) is 11.5. The van der Waals surface area contributed by atoms with E-state index in [2.05, 4.69) is 216 Å². The number of anilines is 3. The Balaban J connectivity index is 1.18. The van der Waals surface area contributed by atoms with Crippen molar-refractivity contribution in [3.8, 4) is 27.9 Å². The van der Waals surface area contributed by atoms with Crippen LogP contribution in [-0.4, -0.2) is 4.57 Å². The van der Waals surface area contributed by atoms with Gasteiger partial charge in [-0.05, 0) is 81.4 Å². The van der Waals surface area contributed by atoms with Crippen LogP contribution in [0.3, 0.4) is 0 Å². The molecule has 0 saturated heterocycles. The molecule has 2 heteroatoms. The summed E-state index contributed by atoms with van der Waals surface area (Å²) in [5.41, 5.74) is 11.7. The van der Waals surface area contributed by atoms with E-state index in [1.165, 1.54) is 71.3 Å². The van der Waals surface area contributed by atoms with Crippen molar-refractivity contribution in [2.75, 3.05) is 4.90 Å². The Morgan fingerprint density at radius 2 is 0.865 bits per heavy atom. The quantitative estimate of drug-likeness (QED) is 0.172. The van der Waals surface area contributed by atoms with Crippen molar-refractivity contribution in [1.29, 1.82) is 0 Å². The van der Waals surface area contributed by atoms with Gasteiger partial charge in [-0.15, -0.1) is 0 Å². The van der Waals surface area contributed by atoms with E-state index in [0.717, 1.165) is 17.1 Å². The molecule has 244 valence electrons. The van der Waals surface area contributed by atoms with Gasteiger partial charge in [0.1, 0.15) is 0 Å². The molecule has 0 unspecified atom stereocenters. The first-order chi connectivity index (χ1) is 25.8. The number of fused-ring (bicyclic) bond motifs is 5. The van der Waals surface area contributed by atoms with Crippen molar-refractivity contribution in [1.82, 2.24) is 4.57 Å². The molecule has 0 saturated carbocycles. The molecule has 1 aromatic heterocycles. The minimum Gasteiger partial charge on any atom is -0.310 e. The zero-order valence-corrected chi connectivity index (χ0v) is 28.5. The molecule has 0 spiro atoms. The van der Waals surface area contributed by atoms with Gasteiger partial charge in [-0.25, -0.2) is 0 Å². The van der Waals surface area contributed by atoms with Crippen LogP contribution >= 0.6 is 0 Å². The third-order valence-electron chi connectivity index (χ3n) is 10.4. The number of aromatic nitrogens is 1. The Bertz CT molecular complexity index is 2890. The number of hydrogen-bond donors (Lipinski definition) is 0. The molecule has 0 N–H and O–H groups in total. The molecule has 10 rings (SSSR count). The Labute approximate surface area is 303 Å². The highest BCUT2D eigenvalue weighted by Gasteiger charge is 2.22. The third kappa shape index (κ3) is 4.88. The maximum Gasteiger partial charge on any atom is 0.0547 e. The van der Waals surface area contributed by atoms with Gasteiger partial charge in [0.2, 0.25) is 0 Å². The molecule has 0 aliphatic carbocycles. The molecule has 10 aromatic rings. The Morgan fingerprint density at radius 1 is 0.327 bits per heavy atom. The molecule has 0 fully saturated rings. The first-order valence-electron chi connectivity index (χ1n) is 17.9. The molecule has 52 heavy (non-hydrogen) atoms. The van der Waals surface area contributed by atoms with Crippen LogP contribution in [0.4, 0.5) is 17.1 Å². The van der Waals surface area contributed by atoms with Crippen LogP contribution in [-0.2, 0) is 0 Å². The summed E-state index contributed by atoms with van der Waals surface area (Å²) in [4.78, 5) is 2.39. The predicted molar refractivity (Wildman–Crippen MR) is 221 cm³/mol. The van der Waals surface area contributed by atoms with Gasteiger partial charge >= 0.3 is 0 Å². The van der Waals surface area contributed by atoms with Gasteiger partial charge in [-0.3, -0.25) is 0 Å². The zero-order valence-electron chi connectivity index (χ0n) is 28.5. The van der Waals surface area contributed by atoms with E-state index in [1.807, 2.05) is 0 Å². The van der Waals surface area contributed by atoms with Crippen LogP contribution < -0.4 is 4.90 Å². The number of nitrogens with zero attached hydrogens (tertiary/aromatic N) is 2. The Hall–Kier alpha value is -6.90. The van der Waals surface area contributed by atoms with Crippen LogP contribution in [0.25, 0.3) is 71.3 Å². The minimum absolute atomic E-state index is 1.10. The fraction of sp³-hybridized carbons (Fsp3) is 0. The number of para-hydroxylation sites is 3. The zero-order chi connectivity index (χ0) is 34.4. The molecule has 0 aliphatic heterocycles. The van der Waals surface area contributed by atoms with Crippen molar-refractivity contribution in [2.45, 2.75) is 0 Å². The largest absolute Gasteiger partial charge is 0.310 e. The Kier molecular flexibility index (Phi) is 7.18. The smallest absolute Gasteiger partial charge is 0.0547 e. The summed E-state index contributed by atoms with van der Waals surface area (Å²) in [7, 11) is 0. The number of benzene rings is 9. The molecule has 0 radical (unpaired) electrons. The first-order valence-corrected chi connectivity index (χ1v) is 17.9. The van der Waals surface area contributed by atoms with Crippen molar-refractivity contribution in [3.63, 3.8) is 0 Å². The van der Waals surface area contributed by atoms with Gasteiger partial charge in [-0.1, -0.05) is 158 Å². The molecule has 0 bridgehead atoms. The summed E-state index contributed by atoms with van der Waals surface area (Å²) < 4.78 is 2.44. The maximum atomic E-state index is 2.44. The van der Waals surface area contributed by atoms with E-state index >= 15 is 0 Å². The summed E-state index contributed by atoms with van der Waals surface area (Å²) >= 11 is 0. The molecule has 9 aromatic carbocycles. The van der Waals surface area contributed by atoms with E-state index in [0.29, 0.717) is 0 Å². The average molecular weight is 663 g/mol. The van der Waals surface area contributed by atoms with Crippen molar-refractivity contribution < 1.29 is 0 Å². The SMILES string of the molecule is c1ccc(N(c2ccc(-c3cccc4ccccc34)cc2)c2ccccc2-c2cccc3c2c2ccccc2n3-c2cccc3ccccc23)cc1. The van der Waals surface area contributed by atoms with Gasteiger partial charge in [-0.2, -0.15) is 0 Å². The van der Waals surface area contributed by atoms with E-state index in [1.54, 1.807) is 0 Å². The highest BCUT2D eigenvalue weighted by Crippen LogP contribution is 2.46. The van der Waals surface area contributed by atoms with E-state index < -0.39 is 0 Å². The summed E-state index contributed by atoms with van der Waals surface area (Å²) in [6.45, 7) is 0. The lowest BCUT2D eigenvalue weighted by Gasteiger charge is -2.28. The molecule has 2 nitrogen and oxygen atoms in total. The second-order valence-corrected chi connectivity index (χ2v) is 13.3. The van der Waals surface area contributed by atoms with Gasteiger partial charge < -0.3 is 9.47 Å². The lowest BCUT2D eigenvalue weighted by molar-refractivity contribution is 1.20. The molecular weight excluding hydrogens is 629 g/mol. The molecule has 0 amide bonds. The summed E-state index contributed by atoms with van der Waals surface area (Å²) in [6, 6.07) is 74.6. The highest BCUT2D eigenvalue weighted by molar-refractivity contribution is 6.17. The van der Waals surface area contributed by atoms with Gasteiger partial charge in [0.15, 0.2) is 0 Å². The van der Waals surface area contributed by atoms with Crippen LogP contribution in [0.1, 0.15) is 0 Å². The lowest BCUT2D eigenvalue weighted by Crippen LogP contribution is -2.11. The van der Waals surface area contributed by atoms with Gasteiger partial charge in [0.05, 0.1) is 22.4 Å². The van der Waals surface area contributed by atoms with Gasteiger partial charge in [0, 0.05) is 33.1 Å². The van der Waals surface area contributed by atoms with Gasteiger partial charge in [0.25, 0.3) is 0 Å². The minimum atomic E-state index is 1.10. The van der Waals surface area contributed by atoms with Crippen LogP contribution in [0, 0.1) is 0 Å². The summed E-state index contributed by atoms with van der Waals surface area (Å²) in [5, 5.41) is 7.47. The predicted octanol–water partition coefficient (Wildman–Crippen LogP) is 13.9.